The molecule has 0 saturated heterocycles. The van der Waals surface area contributed by atoms with Crippen LogP contribution >= 0.6 is 0 Å². The van der Waals surface area contributed by atoms with Crippen LogP contribution in [0.4, 0.5) is 5.69 Å². The number of carbonyl (C=O) groups excluding carboxylic acids is 1. The van der Waals surface area contributed by atoms with Crippen molar-refractivity contribution < 1.29 is 4.79 Å². The predicted octanol–water partition coefficient (Wildman–Crippen LogP) is 4.54. The van der Waals surface area contributed by atoms with Gasteiger partial charge in [0.05, 0.1) is 0 Å². The van der Waals surface area contributed by atoms with Gasteiger partial charge >= 0.3 is 0 Å². The number of rotatable bonds is 7. The molecule has 0 saturated carbocycles. The number of Topliss-reactive ketones (excluding diaryl/α,β-unsaturated/α-hetero) is 1. The minimum atomic E-state index is 0.190. The lowest BCUT2D eigenvalue weighted by molar-refractivity contribution is 0.0975. The van der Waals surface area contributed by atoms with E-state index in [1.54, 1.807) is 0 Å². The van der Waals surface area contributed by atoms with Gasteiger partial charge in [0.1, 0.15) is 0 Å². The minimum absolute atomic E-state index is 0.190. The molecule has 0 fully saturated rings. The summed E-state index contributed by atoms with van der Waals surface area (Å²) < 4.78 is 0. The van der Waals surface area contributed by atoms with E-state index in [0.29, 0.717) is 6.42 Å². The van der Waals surface area contributed by atoms with Gasteiger partial charge in [-0.2, -0.15) is 0 Å². The Hall–Kier alpha value is -2.09. The summed E-state index contributed by atoms with van der Waals surface area (Å²) in [4.78, 5) is 12.3. The number of hydrogen-bond acceptors (Lipinski definition) is 2. The maximum absolute atomic E-state index is 12.3. The predicted molar refractivity (Wildman–Crippen MR) is 84.2 cm³/mol. The maximum atomic E-state index is 12.3. The first-order chi connectivity index (χ1) is 9.79. The zero-order chi connectivity index (χ0) is 14.2. The van der Waals surface area contributed by atoms with Gasteiger partial charge in [0.2, 0.25) is 0 Å². The number of para-hydroxylation sites is 1. The van der Waals surface area contributed by atoms with Crippen molar-refractivity contribution in [3.8, 4) is 0 Å². The summed E-state index contributed by atoms with van der Waals surface area (Å²) in [5, 5.41) is 3.46. The third kappa shape index (κ3) is 4.23. The van der Waals surface area contributed by atoms with Gasteiger partial charge < -0.3 is 5.32 Å². The van der Waals surface area contributed by atoms with E-state index in [2.05, 4.69) is 12.2 Å². The van der Waals surface area contributed by atoms with Crippen molar-refractivity contribution in [1.29, 1.82) is 0 Å². The molecule has 2 nitrogen and oxygen atoms in total. The number of ketones is 1. The fourth-order valence-corrected chi connectivity index (χ4v) is 2.31. The highest BCUT2D eigenvalue weighted by Crippen LogP contribution is 2.15. The molecule has 0 aliphatic carbocycles. The molecule has 0 heterocycles. The van der Waals surface area contributed by atoms with Crippen molar-refractivity contribution in [2.24, 2.45) is 0 Å². The van der Waals surface area contributed by atoms with Gasteiger partial charge in [0, 0.05) is 23.7 Å². The molecule has 20 heavy (non-hydrogen) atoms. The van der Waals surface area contributed by atoms with E-state index in [4.69, 9.17) is 0 Å². The summed E-state index contributed by atoms with van der Waals surface area (Å²) in [7, 11) is 0. The molecule has 1 atom stereocenters. The molecule has 104 valence electrons. The van der Waals surface area contributed by atoms with E-state index < -0.39 is 0 Å². The smallest absolute Gasteiger partial charge is 0.164 e. The summed E-state index contributed by atoms with van der Waals surface area (Å²) in [5.74, 6) is 0.201. The Balaban J connectivity index is 2.00. The van der Waals surface area contributed by atoms with Crippen molar-refractivity contribution in [2.75, 3.05) is 5.32 Å². The Morgan fingerprint density at radius 3 is 2.20 bits per heavy atom. The topological polar surface area (TPSA) is 29.1 Å². The van der Waals surface area contributed by atoms with Gasteiger partial charge in [-0.05, 0) is 18.6 Å². The Labute approximate surface area is 120 Å². The molecule has 2 rings (SSSR count). The lowest BCUT2D eigenvalue weighted by atomic mass is 10.0. The van der Waals surface area contributed by atoms with Crippen LogP contribution in [0.3, 0.4) is 0 Å². The van der Waals surface area contributed by atoms with Crippen LogP contribution < -0.4 is 5.32 Å². The fraction of sp³-hybridized carbons (Fsp3) is 0.278. The van der Waals surface area contributed by atoms with Gasteiger partial charge in [-0.15, -0.1) is 0 Å². The quantitative estimate of drug-likeness (QED) is 0.746. The second-order valence-corrected chi connectivity index (χ2v) is 4.99. The Morgan fingerprint density at radius 2 is 1.60 bits per heavy atom. The van der Waals surface area contributed by atoms with Crippen molar-refractivity contribution in [1.82, 2.24) is 0 Å². The fourth-order valence-electron chi connectivity index (χ4n) is 2.31. The molecule has 0 aliphatic heterocycles. The Kier molecular flexibility index (Phi) is 5.36. The summed E-state index contributed by atoms with van der Waals surface area (Å²) in [6.45, 7) is 2.15. The third-order valence-corrected chi connectivity index (χ3v) is 3.31. The lowest BCUT2D eigenvalue weighted by Crippen LogP contribution is -2.23. The molecule has 0 radical (unpaired) electrons. The maximum Gasteiger partial charge on any atom is 0.164 e. The molecular weight excluding hydrogens is 246 g/mol. The SMILES string of the molecule is CCCC(CC(=O)c1ccccc1)Nc1ccccc1. The van der Waals surface area contributed by atoms with Crippen LogP contribution in [0, 0.1) is 0 Å². The Morgan fingerprint density at radius 1 is 1.00 bits per heavy atom. The van der Waals surface area contributed by atoms with Crippen LogP contribution in [-0.4, -0.2) is 11.8 Å². The van der Waals surface area contributed by atoms with E-state index in [-0.39, 0.29) is 11.8 Å². The molecule has 0 aliphatic rings. The van der Waals surface area contributed by atoms with Crippen molar-refractivity contribution >= 4 is 11.5 Å². The average Bonchev–Trinajstić information content (AvgIpc) is 2.49. The molecule has 2 aromatic carbocycles. The zero-order valence-corrected chi connectivity index (χ0v) is 11.9. The van der Waals surface area contributed by atoms with Gasteiger partial charge in [0.15, 0.2) is 5.78 Å². The molecular formula is C18H21NO. The monoisotopic (exact) mass is 267 g/mol. The van der Waals surface area contributed by atoms with Crippen molar-refractivity contribution in [3.63, 3.8) is 0 Å². The number of anilines is 1. The van der Waals surface area contributed by atoms with Crippen LogP contribution in [-0.2, 0) is 0 Å². The first-order valence-electron chi connectivity index (χ1n) is 7.19. The largest absolute Gasteiger partial charge is 0.382 e. The van der Waals surface area contributed by atoms with E-state index >= 15 is 0 Å². The average molecular weight is 267 g/mol. The van der Waals surface area contributed by atoms with Gasteiger partial charge in [0.25, 0.3) is 0 Å². The summed E-state index contributed by atoms with van der Waals surface area (Å²) in [5.41, 5.74) is 1.87. The zero-order valence-electron chi connectivity index (χ0n) is 11.9. The summed E-state index contributed by atoms with van der Waals surface area (Å²) >= 11 is 0. The summed E-state index contributed by atoms with van der Waals surface area (Å²) in [6, 6.07) is 19.8. The number of carbonyl (C=O) groups is 1. The first kappa shape index (κ1) is 14.3. The van der Waals surface area contributed by atoms with Gasteiger partial charge in [-0.3, -0.25) is 4.79 Å². The standard InChI is InChI=1S/C18H21NO/c1-2-9-17(19-16-12-7-4-8-13-16)14-18(20)15-10-5-3-6-11-15/h3-8,10-13,17,19H,2,9,14H2,1H3. The number of benzene rings is 2. The third-order valence-electron chi connectivity index (χ3n) is 3.31. The van der Waals surface area contributed by atoms with E-state index in [9.17, 15) is 4.79 Å². The van der Waals surface area contributed by atoms with E-state index in [0.717, 1.165) is 24.1 Å². The molecule has 0 spiro atoms. The van der Waals surface area contributed by atoms with E-state index in [1.807, 2.05) is 60.7 Å². The first-order valence-corrected chi connectivity index (χ1v) is 7.19. The molecule has 1 unspecified atom stereocenters. The van der Waals surface area contributed by atoms with Crippen LogP contribution in [0.5, 0.6) is 0 Å². The van der Waals surface area contributed by atoms with Crippen LogP contribution in [0.2, 0.25) is 0 Å². The second-order valence-electron chi connectivity index (χ2n) is 4.99. The normalized spacial score (nSPS) is 11.8. The van der Waals surface area contributed by atoms with Crippen LogP contribution in [0.25, 0.3) is 0 Å². The molecule has 2 aromatic rings. The molecule has 1 N–H and O–H groups in total. The van der Waals surface area contributed by atoms with Crippen LogP contribution in [0.1, 0.15) is 36.5 Å². The highest BCUT2D eigenvalue weighted by molar-refractivity contribution is 5.96. The van der Waals surface area contributed by atoms with Crippen molar-refractivity contribution in [3.05, 3.63) is 66.2 Å². The van der Waals surface area contributed by atoms with Gasteiger partial charge in [-0.1, -0.05) is 61.9 Å². The van der Waals surface area contributed by atoms with Gasteiger partial charge in [-0.25, -0.2) is 0 Å². The minimum Gasteiger partial charge on any atom is -0.382 e. The molecule has 0 amide bonds. The van der Waals surface area contributed by atoms with Crippen LogP contribution in [0.15, 0.2) is 60.7 Å². The highest BCUT2D eigenvalue weighted by atomic mass is 16.1. The second kappa shape index (κ2) is 7.49. The molecule has 0 aromatic heterocycles. The summed E-state index contributed by atoms with van der Waals surface area (Å²) in [6.07, 6.45) is 2.59. The Bertz CT molecular complexity index is 522. The highest BCUT2D eigenvalue weighted by Gasteiger charge is 2.14. The lowest BCUT2D eigenvalue weighted by Gasteiger charge is -2.18. The number of hydrogen-bond donors (Lipinski definition) is 1. The molecule has 2 heteroatoms. The van der Waals surface area contributed by atoms with E-state index in [1.165, 1.54) is 0 Å². The molecule has 0 bridgehead atoms. The van der Waals surface area contributed by atoms with Crippen molar-refractivity contribution in [2.45, 2.75) is 32.2 Å². The number of nitrogens with one attached hydrogen (secondary N) is 1.